The third kappa shape index (κ3) is 2.71. The van der Waals surface area contributed by atoms with Crippen LogP contribution in [0.3, 0.4) is 0 Å². The van der Waals surface area contributed by atoms with E-state index < -0.39 is 36.2 Å². The molecule has 1 aromatic heterocycles. The number of nitrogens with zero attached hydrogens (tertiary/aromatic N) is 3. The van der Waals surface area contributed by atoms with E-state index in [1.54, 1.807) is 0 Å². The Bertz CT molecular complexity index is 520. The average molecular weight is 291 g/mol. The second kappa shape index (κ2) is 4.65. The van der Waals surface area contributed by atoms with E-state index >= 15 is 0 Å². The van der Waals surface area contributed by atoms with Crippen molar-refractivity contribution in [2.75, 3.05) is 0 Å². The fraction of sp³-hybridized carbons (Fsp3) is 0.583. The minimum Gasteiger partial charge on any atom is -0.233 e. The van der Waals surface area contributed by atoms with Crippen molar-refractivity contribution < 1.29 is 22.0 Å². The Balaban J connectivity index is 2.28. The third-order valence-corrected chi connectivity index (χ3v) is 3.51. The van der Waals surface area contributed by atoms with E-state index in [1.165, 1.54) is 0 Å². The van der Waals surface area contributed by atoms with Crippen LogP contribution >= 0.6 is 0 Å². The van der Waals surface area contributed by atoms with Crippen LogP contribution in [0.5, 0.6) is 0 Å². The summed E-state index contributed by atoms with van der Waals surface area (Å²) in [6.07, 6.45) is -4.04. The molecular weight excluding hydrogens is 281 g/mol. The smallest absolute Gasteiger partial charge is 0.233 e. The van der Waals surface area contributed by atoms with Crippen LogP contribution in [-0.4, -0.2) is 15.9 Å². The van der Waals surface area contributed by atoms with Gasteiger partial charge in [-0.3, -0.25) is 0 Å². The molecule has 0 saturated heterocycles. The number of alkyl halides is 5. The molecule has 0 amide bonds. The number of hydrogen-bond acceptors (Lipinski definition) is 3. The van der Waals surface area contributed by atoms with Gasteiger partial charge < -0.3 is 0 Å². The summed E-state index contributed by atoms with van der Waals surface area (Å²) in [4.78, 5) is 6.36. The van der Waals surface area contributed by atoms with Crippen LogP contribution in [0.15, 0.2) is 12.4 Å². The van der Waals surface area contributed by atoms with Crippen LogP contribution in [0.2, 0.25) is 0 Å². The standard InChI is InChI=1S/C12H10F5N3/c13-11(14)3-1-10(7-18,2-4-11)8-5-19-9(20-6-8)12(15,16)17/h5-6H,1-4H2. The zero-order valence-corrected chi connectivity index (χ0v) is 10.2. The van der Waals surface area contributed by atoms with Crippen molar-refractivity contribution in [3.8, 4) is 6.07 Å². The first-order valence-corrected chi connectivity index (χ1v) is 5.87. The Morgan fingerprint density at radius 3 is 1.95 bits per heavy atom. The lowest BCUT2D eigenvalue weighted by Gasteiger charge is -2.34. The van der Waals surface area contributed by atoms with Gasteiger partial charge in [-0.05, 0) is 12.8 Å². The summed E-state index contributed by atoms with van der Waals surface area (Å²) >= 11 is 0. The highest BCUT2D eigenvalue weighted by Gasteiger charge is 2.45. The maximum Gasteiger partial charge on any atom is 0.451 e. The molecule has 108 valence electrons. The Morgan fingerprint density at radius 2 is 1.55 bits per heavy atom. The predicted molar refractivity (Wildman–Crippen MR) is 57.7 cm³/mol. The Morgan fingerprint density at radius 1 is 1.05 bits per heavy atom. The largest absolute Gasteiger partial charge is 0.451 e. The molecule has 8 heteroatoms. The monoisotopic (exact) mass is 291 g/mol. The van der Waals surface area contributed by atoms with Crippen molar-refractivity contribution in [1.29, 1.82) is 5.26 Å². The van der Waals surface area contributed by atoms with E-state index in [0.29, 0.717) is 0 Å². The van der Waals surface area contributed by atoms with Gasteiger partial charge >= 0.3 is 6.18 Å². The Hall–Kier alpha value is -1.78. The van der Waals surface area contributed by atoms with Crippen molar-refractivity contribution >= 4 is 0 Å². The number of rotatable bonds is 1. The molecule has 0 aliphatic heterocycles. The average Bonchev–Trinajstić information content (AvgIpc) is 2.39. The number of nitriles is 1. The van der Waals surface area contributed by atoms with E-state index in [-0.39, 0.29) is 18.4 Å². The molecule has 2 rings (SSSR count). The Labute approximate surface area is 111 Å². The zero-order valence-electron chi connectivity index (χ0n) is 10.2. The van der Waals surface area contributed by atoms with E-state index in [4.69, 9.17) is 0 Å². The quantitative estimate of drug-likeness (QED) is 0.744. The lowest BCUT2D eigenvalue weighted by molar-refractivity contribution is -0.145. The molecule has 1 heterocycles. The third-order valence-electron chi connectivity index (χ3n) is 3.51. The summed E-state index contributed by atoms with van der Waals surface area (Å²) in [5, 5.41) is 9.22. The van der Waals surface area contributed by atoms with Gasteiger partial charge in [0.25, 0.3) is 0 Å². The van der Waals surface area contributed by atoms with Gasteiger partial charge in [0, 0.05) is 30.8 Å². The molecule has 0 atom stereocenters. The second-order valence-electron chi connectivity index (χ2n) is 4.84. The summed E-state index contributed by atoms with van der Waals surface area (Å²) < 4.78 is 63.3. The number of hydrogen-bond donors (Lipinski definition) is 0. The van der Waals surface area contributed by atoms with Crippen LogP contribution in [-0.2, 0) is 11.6 Å². The van der Waals surface area contributed by atoms with Crippen molar-refractivity contribution in [3.63, 3.8) is 0 Å². The summed E-state index contributed by atoms with van der Waals surface area (Å²) in [6, 6.07) is 1.94. The summed E-state index contributed by atoms with van der Waals surface area (Å²) in [7, 11) is 0. The fourth-order valence-corrected chi connectivity index (χ4v) is 2.23. The summed E-state index contributed by atoms with van der Waals surface area (Å²) in [5.74, 6) is -4.14. The maximum absolute atomic E-state index is 13.1. The molecule has 0 bridgehead atoms. The molecule has 0 radical (unpaired) electrons. The molecule has 0 unspecified atom stereocenters. The minimum atomic E-state index is -4.67. The molecule has 1 aliphatic rings. The first-order chi connectivity index (χ1) is 9.19. The van der Waals surface area contributed by atoms with Gasteiger partial charge in [0.05, 0.1) is 11.5 Å². The number of aromatic nitrogens is 2. The van der Waals surface area contributed by atoms with Crippen molar-refractivity contribution in [2.45, 2.75) is 43.2 Å². The summed E-state index contributed by atoms with van der Waals surface area (Å²) in [5.41, 5.74) is -1.07. The van der Waals surface area contributed by atoms with Gasteiger partial charge in [-0.1, -0.05) is 0 Å². The van der Waals surface area contributed by atoms with Crippen molar-refractivity contribution in [2.24, 2.45) is 0 Å². The van der Waals surface area contributed by atoms with E-state index in [0.717, 1.165) is 12.4 Å². The fourth-order valence-electron chi connectivity index (χ4n) is 2.23. The molecule has 3 nitrogen and oxygen atoms in total. The zero-order chi connectivity index (χ0) is 15.0. The molecule has 1 aliphatic carbocycles. The van der Waals surface area contributed by atoms with Crippen LogP contribution in [0.4, 0.5) is 22.0 Å². The van der Waals surface area contributed by atoms with Gasteiger partial charge in [0.2, 0.25) is 11.7 Å². The first-order valence-electron chi connectivity index (χ1n) is 5.87. The minimum absolute atomic E-state index is 0.120. The Kier molecular flexibility index (Phi) is 3.40. The molecule has 1 aromatic rings. The topological polar surface area (TPSA) is 49.6 Å². The van der Waals surface area contributed by atoms with Crippen LogP contribution < -0.4 is 0 Å². The lowest BCUT2D eigenvalue weighted by Crippen LogP contribution is -2.35. The summed E-state index contributed by atoms with van der Waals surface area (Å²) in [6.45, 7) is 0. The molecule has 0 spiro atoms. The molecule has 1 saturated carbocycles. The molecule has 20 heavy (non-hydrogen) atoms. The molecule has 0 N–H and O–H groups in total. The highest BCUT2D eigenvalue weighted by molar-refractivity contribution is 5.30. The molecule has 1 fully saturated rings. The van der Waals surface area contributed by atoms with Gasteiger partial charge in [-0.2, -0.15) is 18.4 Å². The number of halogens is 5. The predicted octanol–water partition coefficient (Wildman–Crippen LogP) is 3.47. The van der Waals surface area contributed by atoms with Crippen LogP contribution in [0.25, 0.3) is 0 Å². The highest BCUT2D eigenvalue weighted by Crippen LogP contribution is 2.44. The maximum atomic E-state index is 13.1. The van der Waals surface area contributed by atoms with Gasteiger partial charge in [0.15, 0.2) is 0 Å². The van der Waals surface area contributed by atoms with Crippen molar-refractivity contribution in [3.05, 3.63) is 23.8 Å². The SMILES string of the molecule is N#CC1(c2cnc(C(F)(F)F)nc2)CCC(F)(F)CC1. The van der Waals surface area contributed by atoms with Gasteiger partial charge in [0.1, 0.15) is 0 Å². The molecule has 0 aromatic carbocycles. The van der Waals surface area contributed by atoms with E-state index in [1.807, 2.05) is 6.07 Å². The van der Waals surface area contributed by atoms with Crippen LogP contribution in [0, 0.1) is 11.3 Å². The van der Waals surface area contributed by atoms with E-state index in [2.05, 4.69) is 9.97 Å². The first kappa shape index (κ1) is 14.6. The van der Waals surface area contributed by atoms with Crippen LogP contribution in [0.1, 0.15) is 37.1 Å². The highest BCUT2D eigenvalue weighted by atomic mass is 19.4. The second-order valence-corrected chi connectivity index (χ2v) is 4.84. The van der Waals surface area contributed by atoms with E-state index in [9.17, 15) is 27.2 Å². The van der Waals surface area contributed by atoms with Gasteiger partial charge in [-0.25, -0.2) is 18.7 Å². The normalized spacial score (nSPS) is 21.2. The molecular formula is C12H10F5N3. The van der Waals surface area contributed by atoms with Crippen molar-refractivity contribution in [1.82, 2.24) is 9.97 Å². The van der Waals surface area contributed by atoms with Gasteiger partial charge in [-0.15, -0.1) is 0 Å². The lowest BCUT2D eigenvalue weighted by atomic mass is 9.70.